The van der Waals surface area contributed by atoms with Crippen LogP contribution in [0.5, 0.6) is 0 Å². The molecule has 2 aromatic rings. The quantitative estimate of drug-likeness (QED) is 0.843. The van der Waals surface area contributed by atoms with Crippen LogP contribution in [0.3, 0.4) is 0 Å². The van der Waals surface area contributed by atoms with Crippen molar-refractivity contribution in [3.63, 3.8) is 0 Å². The van der Waals surface area contributed by atoms with Gasteiger partial charge < -0.3 is 9.88 Å². The average Bonchev–Trinajstić information content (AvgIpc) is 3.02. The lowest BCUT2D eigenvalue weighted by molar-refractivity contribution is -0.116. The molecule has 24 heavy (non-hydrogen) atoms. The summed E-state index contributed by atoms with van der Waals surface area (Å²) in [5.41, 5.74) is 1.19. The molecule has 1 fully saturated rings. The lowest BCUT2D eigenvalue weighted by Crippen LogP contribution is -2.28. The second-order valence-corrected chi connectivity index (χ2v) is 6.14. The summed E-state index contributed by atoms with van der Waals surface area (Å²) in [5.74, 6) is 1.36. The largest absolute Gasteiger partial charge is 0.317 e. The summed E-state index contributed by atoms with van der Waals surface area (Å²) in [6.07, 6.45) is 7.52. The Bertz CT molecular complexity index is 623. The van der Waals surface area contributed by atoms with E-state index in [1.54, 1.807) is 6.20 Å². The van der Waals surface area contributed by atoms with Gasteiger partial charge in [-0.3, -0.25) is 10.1 Å². The van der Waals surface area contributed by atoms with Gasteiger partial charge in [0, 0.05) is 18.8 Å². The first-order chi connectivity index (χ1) is 11.3. The topological polar surface area (TPSA) is 59.0 Å². The Morgan fingerprint density at radius 3 is 2.75 bits per heavy atom. The maximum atomic E-state index is 12.2. The number of hydrogen-bond donors (Lipinski definition) is 2. The number of benzene rings is 1. The smallest absolute Gasteiger partial charge is 0.226 e. The zero-order valence-corrected chi connectivity index (χ0v) is 14.6. The van der Waals surface area contributed by atoms with Crippen LogP contribution < -0.4 is 10.6 Å². The number of amides is 1. The molecule has 1 aliphatic rings. The van der Waals surface area contributed by atoms with Gasteiger partial charge in [0.15, 0.2) is 0 Å². The molecule has 2 heterocycles. The number of aromatic nitrogens is 2. The third-order valence-corrected chi connectivity index (χ3v) is 4.40. The first-order valence-corrected chi connectivity index (χ1v) is 8.37. The van der Waals surface area contributed by atoms with Crippen molar-refractivity contribution in [2.24, 2.45) is 5.92 Å². The van der Waals surface area contributed by atoms with Crippen molar-refractivity contribution < 1.29 is 4.79 Å². The van der Waals surface area contributed by atoms with E-state index in [-0.39, 0.29) is 18.3 Å². The first-order valence-electron chi connectivity index (χ1n) is 8.37. The van der Waals surface area contributed by atoms with Crippen molar-refractivity contribution in [2.45, 2.75) is 32.2 Å². The molecular weight excluding hydrogens is 324 g/mol. The molecule has 6 heteroatoms. The van der Waals surface area contributed by atoms with Gasteiger partial charge in [0.05, 0.1) is 6.54 Å². The number of nitrogens with one attached hydrogen (secondary N) is 2. The normalized spacial score (nSPS) is 14.8. The van der Waals surface area contributed by atoms with Crippen molar-refractivity contribution in [1.29, 1.82) is 0 Å². The van der Waals surface area contributed by atoms with Crippen LogP contribution in [0.1, 0.15) is 31.2 Å². The molecule has 3 rings (SSSR count). The zero-order valence-electron chi connectivity index (χ0n) is 13.8. The summed E-state index contributed by atoms with van der Waals surface area (Å²) in [4.78, 5) is 16.4. The van der Waals surface area contributed by atoms with Crippen LogP contribution >= 0.6 is 12.4 Å². The van der Waals surface area contributed by atoms with Gasteiger partial charge in [-0.2, -0.15) is 0 Å². The van der Waals surface area contributed by atoms with Gasteiger partial charge in [-0.1, -0.05) is 30.3 Å². The van der Waals surface area contributed by atoms with Gasteiger partial charge in [0.1, 0.15) is 0 Å². The van der Waals surface area contributed by atoms with Gasteiger partial charge in [-0.25, -0.2) is 4.98 Å². The highest BCUT2D eigenvalue weighted by molar-refractivity contribution is 5.89. The van der Waals surface area contributed by atoms with Gasteiger partial charge in [-0.15, -0.1) is 12.4 Å². The molecule has 1 aromatic heterocycles. The molecule has 0 spiro atoms. The van der Waals surface area contributed by atoms with Crippen LogP contribution in [-0.2, 0) is 11.3 Å². The summed E-state index contributed by atoms with van der Waals surface area (Å²) in [5, 5.41) is 6.30. The summed E-state index contributed by atoms with van der Waals surface area (Å²) < 4.78 is 1.97. The minimum absolute atomic E-state index is 0. The van der Waals surface area contributed by atoms with Gasteiger partial charge >= 0.3 is 0 Å². The number of imidazole rings is 1. The predicted molar refractivity (Wildman–Crippen MR) is 98.5 cm³/mol. The zero-order chi connectivity index (χ0) is 15.9. The van der Waals surface area contributed by atoms with E-state index in [0.717, 1.165) is 19.5 Å². The summed E-state index contributed by atoms with van der Waals surface area (Å²) in [7, 11) is 0. The minimum atomic E-state index is 0. The predicted octanol–water partition coefficient (Wildman–Crippen LogP) is 3.07. The van der Waals surface area contributed by atoms with Crippen molar-refractivity contribution in [1.82, 2.24) is 14.9 Å². The molecule has 5 nitrogen and oxygen atoms in total. The van der Waals surface area contributed by atoms with E-state index in [1.165, 1.54) is 18.4 Å². The highest BCUT2D eigenvalue weighted by atomic mass is 35.5. The third-order valence-electron chi connectivity index (χ3n) is 4.40. The van der Waals surface area contributed by atoms with Crippen LogP contribution in [0.15, 0.2) is 42.7 Å². The molecule has 0 saturated carbocycles. The van der Waals surface area contributed by atoms with Crippen molar-refractivity contribution in [3.8, 4) is 0 Å². The van der Waals surface area contributed by atoms with Gasteiger partial charge in [0.2, 0.25) is 11.9 Å². The maximum Gasteiger partial charge on any atom is 0.226 e. The van der Waals surface area contributed by atoms with E-state index in [1.807, 2.05) is 29.0 Å². The number of anilines is 1. The standard InChI is InChI=1S/C18H24N4O.ClH/c23-17(7-6-15-8-10-19-11-9-15)21-18-20-12-13-22(18)14-16-4-2-1-3-5-16;/h1-5,12-13,15,19H,6-11,14H2,(H,20,21,23);1H. The van der Waals surface area contributed by atoms with E-state index >= 15 is 0 Å². The Morgan fingerprint density at radius 2 is 2.00 bits per heavy atom. The van der Waals surface area contributed by atoms with Crippen LogP contribution in [0.25, 0.3) is 0 Å². The van der Waals surface area contributed by atoms with Crippen LogP contribution in [0.4, 0.5) is 5.95 Å². The molecule has 0 radical (unpaired) electrons. The van der Waals surface area contributed by atoms with E-state index in [2.05, 4.69) is 27.8 Å². The Morgan fingerprint density at radius 1 is 1.25 bits per heavy atom. The highest BCUT2D eigenvalue weighted by Gasteiger charge is 2.15. The summed E-state index contributed by atoms with van der Waals surface area (Å²) in [6.45, 7) is 2.87. The Labute approximate surface area is 149 Å². The molecule has 0 atom stereocenters. The van der Waals surface area contributed by atoms with Crippen molar-refractivity contribution >= 4 is 24.3 Å². The molecule has 1 amide bonds. The van der Waals surface area contributed by atoms with E-state index in [0.29, 0.717) is 24.8 Å². The van der Waals surface area contributed by atoms with Crippen molar-refractivity contribution in [3.05, 3.63) is 48.3 Å². The molecule has 0 unspecified atom stereocenters. The number of piperidine rings is 1. The average molecular weight is 349 g/mol. The number of hydrogen-bond acceptors (Lipinski definition) is 3. The fraction of sp³-hybridized carbons (Fsp3) is 0.444. The summed E-state index contributed by atoms with van der Waals surface area (Å²) in [6, 6.07) is 10.2. The van der Waals surface area contributed by atoms with Gasteiger partial charge in [0.25, 0.3) is 0 Å². The van der Waals surface area contributed by atoms with E-state index in [9.17, 15) is 4.79 Å². The molecule has 130 valence electrons. The molecule has 2 N–H and O–H groups in total. The van der Waals surface area contributed by atoms with Gasteiger partial charge in [-0.05, 0) is 43.8 Å². The number of carbonyl (C=O) groups excluding carboxylic acids is 1. The fourth-order valence-electron chi connectivity index (χ4n) is 3.03. The first kappa shape index (κ1) is 18.5. The molecule has 1 aliphatic heterocycles. The van der Waals surface area contributed by atoms with E-state index < -0.39 is 0 Å². The number of rotatable bonds is 6. The molecular formula is C18H25ClN4O. The number of carbonyl (C=O) groups is 1. The number of nitrogens with zero attached hydrogens (tertiary/aromatic N) is 2. The van der Waals surface area contributed by atoms with Crippen molar-refractivity contribution in [2.75, 3.05) is 18.4 Å². The lowest BCUT2D eigenvalue weighted by atomic mass is 9.93. The molecule has 1 aromatic carbocycles. The maximum absolute atomic E-state index is 12.2. The Balaban J connectivity index is 0.00000208. The van der Waals surface area contributed by atoms with Crippen LogP contribution in [-0.4, -0.2) is 28.5 Å². The molecule has 0 bridgehead atoms. The SMILES string of the molecule is Cl.O=C(CCC1CCNCC1)Nc1nccn1Cc1ccccc1. The van der Waals surface area contributed by atoms with Crippen LogP contribution in [0, 0.1) is 5.92 Å². The second kappa shape index (κ2) is 9.45. The lowest BCUT2D eigenvalue weighted by Gasteiger charge is -2.22. The molecule has 0 aliphatic carbocycles. The fourth-order valence-corrected chi connectivity index (χ4v) is 3.03. The van der Waals surface area contributed by atoms with Crippen LogP contribution in [0.2, 0.25) is 0 Å². The third kappa shape index (κ3) is 5.35. The second-order valence-electron chi connectivity index (χ2n) is 6.14. The van der Waals surface area contributed by atoms with E-state index in [4.69, 9.17) is 0 Å². The highest BCUT2D eigenvalue weighted by Crippen LogP contribution is 2.18. The number of halogens is 1. The Kier molecular flexibility index (Phi) is 7.28. The minimum Gasteiger partial charge on any atom is -0.317 e. The molecule has 1 saturated heterocycles. The monoisotopic (exact) mass is 348 g/mol. The Hall–Kier alpha value is -1.85. The summed E-state index contributed by atoms with van der Waals surface area (Å²) >= 11 is 0.